The highest BCUT2D eigenvalue weighted by Crippen LogP contribution is 2.39. The van der Waals surface area contributed by atoms with Crippen LogP contribution in [-0.2, 0) is 0 Å². The molecular weight excluding hydrogens is 221 g/mol. The fourth-order valence-corrected chi connectivity index (χ4v) is 1.99. The molecule has 2 nitrogen and oxygen atoms in total. The van der Waals surface area contributed by atoms with Crippen molar-refractivity contribution in [2.75, 3.05) is 6.61 Å². The smallest absolute Gasteiger partial charge is 0.144 e. The molecule has 0 saturated carbocycles. The van der Waals surface area contributed by atoms with E-state index < -0.39 is 0 Å². The van der Waals surface area contributed by atoms with Gasteiger partial charge in [0.25, 0.3) is 0 Å². The Balaban J connectivity index is 2.53. The first kappa shape index (κ1) is 10.1. The van der Waals surface area contributed by atoms with Crippen molar-refractivity contribution < 1.29 is 4.74 Å². The summed E-state index contributed by atoms with van der Waals surface area (Å²) >= 11 is 11.9. The van der Waals surface area contributed by atoms with E-state index in [0.717, 1.165) is 18.4 Å². The van der Waals surface area contributed by atoms with Crippen molar-refractivity contribution in [3.63, 3.8) is 0 Å². The predicted molar refractivity (Wildman–Crippen MR) is 58.1 cm³/mol. The van der Waals surface area contributed by atoms with Crippen molar-refractivity contribution in [3.8, 4) is 5.75 Å². The molecule has 0 bridgehead atoms. The molecule has 0 aliphatic carbocycles. The maximum atomic E-state index is 6.04. The zero-order valence-corrected chi connectivity index (χ0v) is 9.11. The van der Waals surface area contributed by atoms with Crippen molar-refractivity contribution in [1.82, 2.24) is 0 Å². The summed E-state index contributed by atoms with van der Waals surface area (Å²) in [5.74, 6) is 0.657. The molecule has 0 aromatic heterocycles. The fraction of sp³-hybridized carbons (Fsp3) is 0.400. The maximum Gasteiger partial charge on any atom is 0.144 e. The second-order valence-corrected chi connectivity index (χ2v) is 4.16. The first-order chi connectivity index (χ1) is 6.70. The van der Waals surface area contributed by atoms with Gasteiger partial charge in [-0.25, -0.2) is 0 Å². The van der Waals surface area contributed by atoms with E-state index in [2.05, 4.69) is 0 Å². The van der Waals surface area contributed by atoms with E-state index >= 15 is 0 Å². The number of hydrogen-bond acceptors (Lipinski definition) is 2. The standard InChI is InChI=1S/C10H11Cl2NO/c11-7-4-3-6-8(13)2-1-5-14-10(6)9(7)12/h3-4,8H,1-2,5,13H2/t8-/m1/s1. The molecule has 2 rings (SSSR count). The van der Waals surface area contributed by atoms with Crippen LogP contribution in [-0.4, -0.2) is 6.61 Å². The van der Waals surface area contributed by atoms with E-state index in [0.29, 0.717) is 22.4 Å². The van der Waals surface area contributed by atoms with Gasteiger partial charge in [0.1, 0.15) is 10.8 Å². The average Bonchev–Trinajstić information content (AvgIpc) is 2.35. The molecule has 0 spiro atoms. The summed E-state index contributed by atoms with van der Waals surface area (Å²) in [7, 11) is 0. The van der Waals surface area contributed by atoms with Crippen molar-refractivity contribution in [2.24, 2.45) is 5.73 Å². The van der Waals surface area contributed by atoms with Crippen LogP contribution < -0.4 is 10.5 Å². The van der Waals surface area contributed by atoms with Gasteiger partial charge in [-0.1, -0.05) is 29.3 Å². The summed E-state index contributed by atoms with van der Waals surface area (Å²) in [4.78, 5) is 0. The largest absolute Gasteiger partial charge is 0.492 e. The monoisotopic (exact) mass is 231 g/mol. The van der Waals surface area contributed by atoms with Gasteiger partial charge in [-0.05, 0) is 18.9 Å². The lowest BCUT2D eigenvalue weighted by atomic mass is 10.0. The van der Waals surface area contributed by atoms with Gasteiger partial charge in [0.2, 0.25) is 0 Å². The number of ether oxygens (including phenoxy) is 1. The average molecular weight is 232 g/mol. The summed E-state index contributed by atoms with van der Waals surface area (Å²) in [6.07, 6.45) is 1.87. The van der Waals surface area contributed by atoms with Crippen LogP contribution in [0.1, 0.15) is 24.4 Å². The molecule has 1 atom stereocenters. The van der Waals surface area contributed by atoms with Crippen LogP contribution in [0.2, 0.25) is 10.0 Å². The SMILES string of the molecule is N[C@@H]1CCCOc2c1ccc(Cl)c2Cl. The normalized spacial score (nSPS) is 20.9. The molecule has 0 unspecified atom stereocenters. The maximum absolute atomic E-state index is 6.04. The first-order valence-electron chi connectivity index (χ1n) is 4.56. The van der Waals surface area contributed by atoms with Crippen molar-refractivity contribution in [3.05, 3.63) is 27.7 Å². The fourth-order valence-electron chi connectivity index (χ4n) is 1.62. The van der Waals surface area contributed by atoms with Crippen LogP contribution in [0.4, 0.5) is 0 Å². The molecule has 76 valence electrons. The predicted octanol–water partition coefficient (Wildman–Crippen LogP) is 3.17. The summed E-state index contributed by atoms with van der Waals surface area (Å²) in [6, 6.07) is 3.65. The number of hydrogen-bond donors (Lipinski definition) is 1. The highest BCUT2D eigenvalue weighted by atomic mass is 35.5. The topological polar surface area (TPSA) is 35.2 Å². The highest BCUT2D eigenvalue weighted by Gasteiger charge is 2.20. The number of halogens is 2. The Morgan fingerprint density at radius 2 is 2.14 bits per heavy atom. The van der Waals surface area contributed by atoms with Gasteiger partial charge < -0.3 is 10.5 Å². The lowest BCUT2D eigenvalue weighted by molar-refractivity contribution is 0.316. The quantitative estimate of drug-likeness (QED) is 0.745. The van der Waals surface area contributed by atoms with Crippen molar-refractivity contribution in [2.45, 2.75) is 18.9 Å². The highest BCUT2D eigenvalue weighted by molar-refractivity contribution is 6.43. The second-order valence-electron chi connectivity index (χ2n) is 3.38. The number of rotatable bonds is 0. The van der Waals surface area contributed by atoms with Gasteiger partial charge in [0.15, 0.2) is 0 Å². The van der Waals surface area contributed by atoms with Gasteiger partial charge in [0, 0.05) is 11.6 Å². The van der Waals surface area contributed by atoms with Gasteiger partial charge >= 0.3 is 0 Å². The van der Waals surface area contributed by atoms with Crippen LogP contribution in [0.3, 0.4) is 0 Å². The van der Waals surface area contributed by atoms with Crippen LogP contribution in [0.25, 0.3) is 0 Å². The molecule has 1 aliphatic rings. The van der Waals surface area contributed by atoms with E-state index in [1.54, 1.807) is 6.07 Å². The zero-order valence-electron chi connectivity index (χ0n) is 7.59. The molecule has 1 aromatic rings. The Kier molecular flexibility index (Phi) is 2.86. The number of nitrogens with two attached hydrogens (primary N) is 1. The minimum Gasteiger partial charge on any atom is -0.492 e. The summed E-state index contributed by atoms with van der Waals surface area (Å²) in [6.45, 7) is 0.654. The van der Waals surface area contributed by atoms with Crippen molar-refractivity contribution in [1.29, 1.82) is 0 Å². The third-order valence-corrected chi connectivity index (χ3v) is 3.17. The Hall–Kier alpha value is -0.440. The zero-order chi connectivity index (χ0) is 10.1. The van der Waals surface area contributed by atoms with Gasteiger partial charge in [-0.3, -0.25) is 0 Å². The van der Waals surface area contributed by atoms with E-state index in [1.807, 2.05) is 6.07 Å². The van der Waals surface area contributed by atoms with Gasteiger partial charge in [-0.2, -0.15) is 0 Å². The third-order valence-electron chi connectivity index (χ3n) is 2.39. The molecule has 4 heteroatoms. The molecule has 0 saturated heterocycles. The summed E-state index contributed by atoms with van der Waals surface area (Å²) in [5, 5.41) is 0.987. The van der Waals surface area contributed by atoms with Crippen LogP contribution in [0, 0.1) is 0 Å². The molecule has 0 amide bonds. The van der Waals surface area contributed by atoms with E-state index in [1.165, 1.54) is 0 Å². The Morgan fingerprint density at radius 1 is 1.36 bits per heavy atom. The Labute approximate surface area is 92.9 Å². The minimum absolute atomic E-state index is 0.00210. The van der Waals surface area contributed by atoms with Crippen LogP contribution in [0.15, 0.2) is 12.1 Å². The third kappa shape index (κ3) is 1.70. The lowest BCUT2D eigenvalue weighted by Crippen LogP contribution is -2.08. The molecule has 0 fully saturated rings. The summed E-state index contributed by atoms with van der Waals surface area (Å²) in [5.41, 5.74) is 6.94. The van der Waals surface area contributed by atoms with Crippen LogP contribution >= 0.6 is 23.2 Å². The molecule has 1 heterocycles. The van der Waals surface area contributed by atoms with E-state index in [-0.39, 0.29) is 6.04 Å². The lowest BCUT2D eigenvalue weighted by Gasteiger charge is -2.13. The molecule has 2 N–H and O–H groups in total. The minimum atomic E-state index is 0.00210. The molecule has 14 heavy (non-hydrogen) atoms. The molecule has 1 aliphatic heterocycles. The first-order valence-corrected chi connectivity index (χ1v) is 5.32. The molecular formula is C10H11Cl2NO. The van der Waals surface area contributed by atoms with E-state index in [9.17, 15) is 0 Å². The van der Waals surface area contributed by atoms with Gasteiger partial charge in [0.05, 0.1) is 11.6 Å². The number of fused-ring (bicyclic) bond motifs is 1. The molecule has 0 radical (unpaired) electrons. The Morgan fingerprint density at radius 3 is 2.93 bits per heavy atom. The van der Waals surface area contributed by atoms with E-state index in [4.69, 9.17) is 33.7 Å². The van der Waals surface area contributed by atoms with Gasteiger partial charge in [-0.15, -0.1) is 0 Å². The van der Waals surface area contributed by atoms with Crippen molar-refractivity contribution >= 4 is 23.2 Å². The Bertz CT molecular complexity index is 354. The molecule has 1 aromatic carbocycles. The summed E-state index contributed by atoms with van der Waals surface area (Å²) < 4.78 is 5.53. The second kappa shape index (κ2) is 3.97. The number of benzene rings is 1. The van der Waals surface area contributed by atoms with Crippen LogP contribution in [0.5, 0.6) is 5.75 Å².